The molecule has 16 nitrogen and oxygen atoms in total. The number of hydrogen-bond donors (Lipinski definition) is 11. The van der Waals surface area contributed by atoms with Crippen LogP contribution in [-0.2, 0) is 23.7 Å². The molecule has 5 aliphatic heterocycles. The van der Waals surface area contributed by atoms with Crippen LogP contribution >= 0.6 is 0 Å². The van der Waals surface area contributed by atoms with Gasteiger partial charge in [-0.1, -0.05) is 0 Å². The van der Waals surface area contributed by atoms with Crippen LogP contribution in [0.25, 0.3) is 0 Å². The van der Waals surface area contributed by atoms with E-state index in [1.54, 1.807) is 0 Å². The van der Waals surface area contributed by atoms with E-state index in [4.69, 9.17) is 75.1 Å². The molecule has 37 heavy (non-hydrogen) atoms. The minimum atomic E-state index is -1.12. The van der Waals surface area contributed by atoms with Gasteiger partial charge >= 0.3 is 0 Å². The molecule has 220 valence electrons. The predicted molar refractivity (Wildman–Crippen MR) is 118 cm³/mol. The van der Waals surface area contributed by atoms with E-state index in [9.17, 15) is 0 Å². The van der Waals surface area contributed by atoms with Crippen molar-refractivity contribution in [1.82, 2.24) is 0 Å². The van der Waals surface area contributed by atoms with E-state index >= 15 is 0 Å². The highest BCUT2D eigenvalue weighted by atomic mass is 16.6. The molecular weight excluding hydrogens is 508 g/mol. The first-order chi connectivity index (χ1) is 17.5. The Bertz CT molecular complexity index is 605. The van der Waals surface area contributed by atoms with Crippen molar-refractivity contribution in [3.05, 3.63) is 0 Å². The lowest BCUT2D eigenvalue weighted by molar-refractivity contribution is -0.0684. The summed E-state index contributed by atoms with van der Waals surface area (Å²) in [4.78, 5) is 0. The van der Waals surface area contributed by atoms with Crippen LogP contribution in [0.15, 0.2) is 0 Å². The largest absolute Gasteiger partial charge is 0.394 e. The first kappa shape index (κ1) is 32.6. The Morgan fingerprint density at radius 1 is 0.541 bits per heavy atom. The smallest absolute Gasteiger partial charge is 0.114 e. The zero-order valence-corrected chi connectivity index (χ0v) is 20.1. The van der Waals surface area contributed by atoms with Crippen LogP contribution in [0.1, 0.15) is 0 Å². The van der Waals surface area contributed by atoms with Crippen molar-refractivity contribution in [2.45, 2.75) is 79.4 Å². The molecule has 5 rings (SSSR count). The van der Waals surface area contributed by atoms with Crippen LogP contribution < -0.4 is 0 Å². The lowest BCUT2D eigenvalue weighted by Crippen LogP contribution is -2.40. The number of ether oxygens (including phenoxy) is 5. The molecule has 5 fully saturated rings. The summed E-state index contributed by atoms with van der Waals surface area (Å²) in [6.45, 7) is 0.531. The van der Waals surface area contributed by atoms with Gasteiger partial charge in [-0.15, -0.1) is 0 Å². The van der Waals surface area contributed by atoms with Gasteiger partial charge < -0.3 is 79.9 Å². The van der Waals surface area contributed by atoms with E-state index in [1.165, 1.54) is 0 Å². The molecule has 11 N–H and O–H groups in total. The van der Waals surface area contributed by atoms with Gasteiger partial charge in [0.05, 0.1) is 52.9 Å². The second-order valence-corrected chi connectivity index (χ2v) is 9.12. The molecule has 5 heterocycles. The zero-order chi connectivity index (χ0) is 27.7. The van der Waals surface area contributed by atoms with E-state index in [-0.39, 0.29) is 58.5 Å². The Balaban J connectivity index is 0.000000175. The molecule has 0 aromatic heterocycles. The maximum Gasteiger partial charge on any atom is 0.114 e. The van der Waals surface area contributed by atoms with Gasteiger partial charge in [0.15, 0.2) is 0 Å². The van der Waals surface area contributed by atoms with Crippen molar-refractivity contribution < 1.29 is 79.9 Å². The first-order valence-electron chi connectivity index (χ1n) is 11.9. The average molecular weight is 549 g/mol. The van der Waals surface area contributed by atoms with Crippen molar-refractivity contribution in [1.29, 1.82) is 0 Å². The first-order valence-corrected chi connectivity index (χ1v) is 11.9. The third-order valence-corrected chi connectivity index (χ3v) is 6.22. The van der Waals surface area contributed by atoms with Gasteiger partial charge in [0.25, 0.3) is 0 Å². The fourth-order valence-electron chi connectivity index (χ4n) is 3.89. The van der Waals surface area contributed by atoms with Gasteiger partial charge in [-0.05, 0) is 0 Å². The summed E-state index contributed by atoms with van der Waals surface area (Å²) in [6.07, 6.45) is -9.40. The molecule has 0 aliphatic carbocycles. The second-order valence-electron chi connectivity index (χ2n) is 9.12. The Labute approximate surface area is 212 Å². The quantitative estimate of drug-likeness (QED) is 0.156. The second kappa shape index (κ2) is 15.8. The lowest BCUT2D eigenvalue weighted by atomic mass is 10.1. The number of rotatable bonds is 3. The highest BCUT2D eigenvalue weighted by Gasteiger charge is 2.46. The molecule has 0 saturated carbocycles. The molecule has 16 heteroatoms. The van der Waals surface area contributed by atoms with Crippen LogP contribution in [-0.4, -0.2) is 188 Å². The minimum Gasteiger partial charge on any atom is -0.394 e. The van der Waals surface area contributed by atoms with Crippen molar-refractivity contribution in [3.8, 4) is 0 Å². The third kappa shape index (κ3) is 9.21. The van der Waals surface area contributed by atoms with E-state index in [1.807, 2.05) is 0 Å². The normalized spacial score (nSPS) is 45.2. The molecular formula is C21H40O16. The van der Waals surface area contributed by atoms with E-state index in [2.05, 4.69) is 4.74 Å². The van der Waals surface area contributed by atoms with Crippen LogP contribution in [0.3, 0.4) is 0 Å². The Hall–Kier alpha value is -0.640. The number of aliphatic hydroxyl groups is 11. The van der Waals surface area contributed by atoms with Gasteiger partial charge in [-0.3, -0.25) is 0 Å². The number of hydrogen-bond acceptors (Lipinski definition) is 16. The van der Waals surface area contributed by atoms with Gasteiger partial charge in [0.1, 0.15) is 79.4 Å². The molecule has 0 bridgehead atoms. The summed E-state index contributed by atoms with van der Waals surface area (Å²) in [7, 11) is 0. The number of aliphatic hydroxyl groups excluding tert-OH is 11. The van der Waals surface area contributed by atoms with E-state index < -0.39 is 73.8 Å². The fraction of sp³-hybridized carbons (Fsp3) is 1.00. The standard InChI is InChI=1S/C6H12O5.C6H10O4.C5H10O4.C4H8O3/c7-1-3(8)6-5(10)4(9)2-11-6;7-3-1-9-6-4(8)2-10-5(3)6;6-1-4-5(8)3(7)2-9-4;5-3-1-7-2-4(3)6/h3-10H,1-2H2;3-8H,1-2H2;3-8H,1-2H2;3-6H,1-2H2. The molecule has 0 aromatic rings. The van der Waals surface area contributed by atoms with Crippen molar-refractivity contribution >= 4 is 0 Å². The SMILES string of the molecule is OC1COC2C(O)COC12.OC1COCC1O.OCC(O)C1OCC(O)C1O.OCC1OCC(O)C1O. The topological polar surface area (TPSA) is 269 Å². The summed E-state index contributed by atoms with van der Waals surface area (Å²) in [5.74, 6) is 0. The zero-order valence-electron chi connectivity index (χ0n) is 20.1. The summed E-state index contributed by atoms with van der Waals surface area (Å²) < 4.78 is 24.4. The van der Waals surface area contributed by atoms with Crippen LogP contribution in [0.4, 0.5) is 0 Å². The highest BCUT2D eigenvalue weighted by molar-refractivity contribution is 4.93. The van der Waals surface area contributed by atoms with Crippen molar-refractivity contribution in [2.75, 3.05) is 52.9 Å². The Morgan fingerprint density at radius 2 is 1.00 bits per heavy atom. The molecule has 5 saturated heterocycles. The van der Waals surface area contributed by atoms with Crippen LogP contribution in [0.5, 0.6) is 0 Å². The van der Waals surface area contributed by atoms with Crippen molar-refractivity contribution in [2.24, 2.45) is 0 Å². The van der Waals surface area contributed by atoms with Crippen LogP contribution in [0, 0.1) is 0 Å². The summed E-state index contributed by atoms with van der Waals surface area (Å²) in [5, 5.41) is 97.3. The fourth-order valence-corrected chi connectivity index (χ4v) is 3.89. The monoisotopic (exact) mass is 548 g/mol. The molecule has 0 amide bonds. The summed E-state index contributed by atoms with van der Waals surface area (Å²) in [6, 6.07) is 0. The maximum atomic E-state index is 9.16. The van der Waals surface area contributed by atoms with Gasteiger partial charge in [-0.25, -0.2) is 0 Å². The van der Waals surface area contributed by atoms with Crippen molar-refractivity contribution in [3.63, 3.8) is 0 Å². The summed E-state index contributed by atoms with van der Waals surface area (Å²) in [5.41, 5.74) is 0. The molecule has 0 aromatic carbocycles. The van der Waals surface area contributed by atoms with Crippen LogP contribution in [0.2, 0.25) is 0 Å². The molecule has 0 spiro atoms. The predicted octanol–water partition coefficient (Wildman–Crippen LogP) is -7.20. The lowest BCUT2D eigenvalue weighted by Gasteiger charge is -2.18. The maximum absolute atomic E-state index is 9.16. The minimum absolute atomic E-state index is 0.00287. The average Bonchev–Trinajstić information content (AvgIpc) is 3.69. The highest BCUT2D eigenvalue weighted by Crippen LogP contribution is 2.26. The van der Waals surface area contributed by atoms with E-state index in [0.29, 0.717) is 0 Å². The Morgan fingerprint density at radius 3 is 1.30 bits per heavy atom. The van der Waals surface area contributed by atoms with E-state index in [0.717, 1.165) is 0 Å². The molecule has 13 atom stereocenters. The molecule has 0 radical (unpaired) electrons. The Kier molecular flexibility index (Phi) is 13.9. The third-order valence-electron chi connectivity index (χ3n) is 6.22. The molecule has 5 aliphatic rings. The number of fused-ring (bicyclic) bond motifs is 1. The van der Waals surface area contributed by atoms with Gasteiger partial charge in [0.2, 0.25) is 0 Å². The summed E-state index contributed by atoms with van der Waals surface area (Å²) >= 11 is 0. The van der Waals surface area contributed by atoms with Gasteiger partial charge in [0, 0.05) is 0 Å². The van der Waals surface area contributed by atoms with Gasteiger partial charge in [-0.2, -0.15) is 0 Å². The molecule has 13 unspecified atom stereocenters.